The minimum absolute atomic E-state index is 0.0324. The molecule has 3 nitrogen and oxygen atoms in total. The topological polar surface area (TPSA) is 38.3 Å². The van der Waals surface area contributed by atoms with Crippen molar-refractivity contribution in [1.82, 2.24) is 5.32 Å². The van der Waals surface area contributed by atoms with E-state index in [2.05, 4.69) is 5.32 Å². The van der Waals surface area contributed by atoms with Crippen molar-refractivity contribution in [2.24, 2.45) is 0 Å². The van der Waals surface area contributed by atoms with Crippen LogP contribution < -0.4 is 5.32 Å². The van der Waals surface area contributed by atoms with E-state index in [0.29, 0.717) is 18.1 Å². The average Bonchev–Trinajstić information content (AvgIpc) is 2.72. The van der Waals surface area contributed by atoms with Gasteiger partial charge in [-0.3, -0.25) is 4.79 Å². The molecule has 1 aliphatic heterocycles. The molecular weight excluding hydrogens is 178 g/mol. The summed E-state index contributed by atoms with van der Waals surface area (Å²) in [5.41, 5.74) is 0.678. The Morgan fingerprint density at radius 2 is 2.14 bits per heavy atom. The molecule has 1 aliphatic rings. The minimum atomic E-state index is -0.0324. The van der Waals surface area contributed by atoms with Crippen LogP contribution in [0, 0.1) is 0 Å². The Hall–Kier alpha value is -1.77. The summed E-state index contributed by atoms with van der Waals surface area (Å²) < 4.78 is 5.17. The fourth-order valence-electron chi connectivity index (χ4n) is 1.28. The van der Waals surface area contributed by atoms with E-state index in [-0.39, 0.29) is 5.78 Å². The lowest BCUT2D eigenvalue weighted by molar-refractivity contribution is 0.104. The molecule has 0 unspecified atom stereocenters. The molecule has 3 heteroatoms. The molecule has 14 heavy (non-hydrogen) atoms. The highest BCUT2D eigenvalue weighted by Gasteiger charge is 2.09. The molecule has 2 rings (SSSR count). The molecular formula is C11H11NO2. The first-order valence-corrected chi connectivity index (χ1v) is 4.54. The van der Waals surface area contributed by atoms with Crippen molar-refractivity contribution >= 4 is 5.78 Å². The van der Waals surface area contributed by atoms with Crippen molar-refractivity contribution in [1.29, 1.82) is 0 Å². The number of benzene rings is 1. The van der Waals surface area contributed by atoms with E-state index in [1.165, 1.54) is 6.08 Å². The van der Waals surface area contributed by atoms with Crippen LogP contribution in [-0.2, 0) is 4.74 Å². The lowest BCUT2D eigenvalue weighted by Crippen LogP contribution is -2.07. The van der Waals surface area contributed by atoms with Crippen LogP contribution in [0.25, 0.3) is 0 Å². The molecule has 1 fully saturated rings. The summed E-state index contributed by atoms with van der Waals surface area (Å²) in [7, 11) is 0. The first-order chi connectivity index (χ1) is 6.86. The largest absolute Gasteiger partial charge is 0.477 e. The Kier molecular flexibility index (Phi) is 2.49. The van der Waals surface area contributed by atoms with Gasteiger partial charge in [-0.15, -0.1) is 0 Å². The van der Waals surface area contributed by atoms with Gasteiger partial charge in [0.15, 0.2) is 11.7 Å². The number of nitrogens with one attached hydrogen (secondary N) is 1. The molecule has 0 aromatic heterocycles. The first-order valence-electron chi connectivity index (χ1n) is 4.54. The maximum absolute atomic E-state index is 11.6. The predicted octanol–water partition coefficient (Wildman–Crippen LogP) is 1.33. The molecule has 0 amide bonds. The summed E-state index contributed by atoms with van der Waals surface area (Å²) in [6, 6.07) is 9.14. The lowest BCUT2D eigenvalue weighted by atomic mass is 10.1. The highest BCUT2D eigenvalue weighted by atomic mass is 16.5. The van der Waals surface area contributed by atoms with E-state index in [1.807, 2.05) is 18.2 Å². The van der Waals surface area contributed by atoms with E-state index >= 15 is 0 Å². The Balaban J connectivity index is 2.13. The fourth-order valence-corrected chi connectivity index (χ4v) is 1.28. The van der Waals surface area contributed by atoms with Crippen LogP contribution in [0.15, 0.2) is 42.3 Å². The Labute approximate surface area is 82.4 Å². The molecule has 1 saturated heterocycles. The van der Waals surface area contributed by atoms with Crippen LogP contribution in [0.2, 0.25) is 0 Å². The lowest BCUT2D eigenvalue weighted by Gasteiger charge is -1.98. The fraction of sp³-hybridized carbons (Fsp3) is 0.182. The monoisotopic (exact) mass is 189 g/mol. The molecule has 1 aromatic carbocycles. The van der Waals surface area contributed by atoms with E-state index < -0.39 is 0 Å². The van der Waals surface area contributed by atoms with Crippen molar-refractivity contribution in [3.63, 3.8) is 0 Å². The van der Waals surface area contributed by atoms with Crippen molar-refractivity contribution in [2.75, 3.05) is 13.2 Å². The smallest absolute Gasteiger partial charge is 0.191 e. The van der Waals surface area contributed by atoms with Gasteiger partial charge in [-0.1, -0.05) is 30.3 Å². The summed E-state index contributed by atoms with van der Waals surface area (Å²) >= 11 is 0. The van der Waals surface area contributed by atoms with Crippen LogP contribution in [0.1, 0.15) is 10.4 Å². The van der Waals surface area contributed by atoms with Gasteiger partial charge in [0.25, 0.3) is 0 Å². The predicted molar refractivity (Wildman–Crippen MR) is 52.8 cm³/mol. The molecule has 72 valence electrons. The first kappa shape index (κ1) is 8.81. The van der Waals surface area contributed by atoms with Gasteiger partial charge in [0.05, 0.1) is 6.54 Å². The summed E-state index contributed by atoms with van der Waals surface area (Å²) in [5.74, 6) is 0.536. The van der Waals surface area contributed by atoms with Crippen molar-refractivity contribution < 1.29 is 9.53 Å². The number of hydrogen-bond acceptors (Lipinski definition) is 3. The quantitative estimate of drug-likeness (QED) is 0.563. The second-order valence-electron chi connectivity index (χ2n) is 3.01. The average molecular weight is 189 g/mol. The van der Waals surface area contributed by atoms with Crippen LogP contribution in [0.3, 0.4) is 0 Å². The number of hydrogen-bond donors (Lipinski definition) is 1. The van der Waals surface area contributed by atoms with Crippen molar-refractivity contribution in [2.45, 2.75) is 0 Å². The van der Waals surface area contributed by atoms with Gasteiger partial charge >= 0.3 is 0 Å². The van der Waals surface area contributed by atoms with Gasteiger partial charge in [0, 0.05) is 11.6 Å². The molecule has 1 N–H and O–H groups in total. The Morgan fingerprint density at radius 3 is 2.79 bits per heavy atom. The highest BCUT2D eigenvalue weighted by Crippen LogP contribution is 2.05. The second-order valence-corrected chi connectivity index (χ2v) is 3.01. The van der Waals surface area contributed by atoms with E-state index in [4.69, 9.17) is 4.74 Å². The zero-order valence-electron chi connectivity index (χ0n) is 7.69. The third-order valence-corrected chi connectivity index (χ3v) is 1.98. The maximum Gasteiger partial charge on any atom is 0.191 e. The number of carbonyl (C=O) groups is 1. The third-order valence-electron chi connectivity index (χ3n) is 1.98. The highest BCUT2D eigenvalue weighted by molar-refractivity contribution is 6.04. The summed E-state index contributed by atoms with van der Waals surface area (Å²) in [4.78, 5) is 11.6. The number of ether oxygens (including phenoxy) is 1. The SMILES string of the molecule is O=C(/C=C1\NCCO1)c1ccccc1. The zero-order chi connectivity index (χ0) is 9.80. The van der Waals surface area contributed by atoms with Gasteiger partial charge in [0.1, 0.15) is 6.61 Å². The number of allylic oxidation sites excluding steroid dienone is 1. The van der Waals surface area contributed by atoms with Crippen molar-refractivity contribution in [3.8, 4) is 0 Å². The molecule has 0 atom stereocenters. The zero-order valence-corrected chi connectivity index (χ0v) is 7.69. The van der Waals surface area contributed by atoms with Gasteiger partial charge in [-0.05, 0) is 0 Å². The van der Waals surface area contributed by atoms with Crippen molar-refractivity contribution in [3.05, 3.63) is 47.9 Å². The summed E-state index contributed by atoms with van der Waals surface area (Å²) in [6.45, 7) is 1.40. The number of carbonyl (C=O) groups excluding carboxylic acids is 1. The second kappa shape index (κ2) is 3.96. The van der Waals surface area contributed by atoms with E-state index in [0.717, 1.165) is 6.54 Å². The van der Waals surface area contributed by atoms with E-state index in [9.17, 15) is 4.79 Å². The Bertz CT molecular complexity index is 349. The van der Waals surface area contributed by atoms with Crippen LogP contribution in [0.4, 0.5) is 0 Å². The van der Waals surface area contributed by atoms with Gasteiger partial charge in [-0.25, -0.2) is 0 Å². The van der Waals surface area contributed by atoms with Gasteiger partial charge in [0.2, 0.25) is 0 Å². The minimum Gasteiger partial charge on any atom is -0.477 e. The van der Waals surface area contributed by atoms with Crippen LogP contribution >= 0.6 is 0 Å². The Morgan fingerprint density at radius 1 is 1.36 bits per heavy atom. The molecule has 0 bridgehead atoms. The summed E-state index contributed by atoms with van der Waals surface area (Å²) in [5, 5.41) is 2.98. The molecule has 1 aromatic rings. The van der Waals surface area contributed by atoms with Gasteiger partial charge < -0.3 is 10.1 Å². The standard InChI is InChI=1S/C11H11NO2/c13-10(8-11-12-6-7-14-11)9-4-2-1-3-5-9/h1-5,8,12H,6-7H2/b11-8+. The normalized spacial score (nSPS) is 17.6. The van der Waals surface area contributed by atoms with Gasteiger partial charge in [-0.2, -0.15) is 0 Å². The molecule has 0 aliphatic carbocycles. The van der Waals surface area contributed by atoms with E-state index in [1.54, 1.807) is 12.1 Å². The third kappa shape index (κ3) is 1.93. The van der Waals surface area contributed by atoms with Crippen LogP contribution in [-0.4, -0.2) is 18.9 Å². The molecule has 0 spiro atoms. The maximum atomic E-state index is 11.6. The number of rotatable bonds is 2. The number of ketones is 1. The molecule has 0 radical (unpaired) electrons. The molecule has 0 saturated carbocycles. The van der Waals surface area contributed by atoms with Crippen LogP contribution in [0.5, 0.6) is 0 Å². The molecule has 1 heterocycles. The summed E-state index contributed by atoms with van der Waals surface area (Å²) in [6.07, 6.45) is 1.49.